The van der Waals surface area contributed by atoms with Crippen LogP contribution in [0.2, 0.25) is 0 Å². The van der Waals surface area contributed by atoms with Gasteiger partial charge >= 0.3 is 0 Å². The predicted molar refractivity (Wildman–Crippen MR) is 94.9 cm³/mol. The summed E-state index contributed by atoms with van der Waals surface area (Å²) >= 11 is 0. The van der Waals surface area contributed by atoms with E-state index in [0.717, 1.165) is 12.8 Å². The van der Waals surface area contributed by atoms with Crippen LogP contribution in [0, 0.1) is 0 Å². The van der Waals surface area contributed by atoms with E-state index in [0.29, 0.717) is 22.2 Å². The zero-order chi connectivity index (χ0) is 17.6. The average molecular weight is 337 g/mol. The van der Waals surface area contributed by atoms with Gasteiger partial charge in [-0.2, -0.15) is 4.98 Å². The van der Waals surface area contributed by atoms with Crippen molar-refractivity contribution in [1.29, 1.82) is 0 Å². The highest BCUT2D eigenvalue weighted by molar-refractivity contribution is 6.12. The average Bonchev–Trinajstić information content (AvgIpc) is 3.33. The second kappa shape index (κ2) is 5.84. The second-order valence-electron chi connectivity index (χ2n) is 6.69. The summed E-state index contributed by atoms with van der Waals surface area (Å²) in [7, 11) is 0. The van der Waals surface area contributed by atoms with E-state index >= 15 is 0 Å². The molecule has 7 nitrogen and oxygen atoms in total. The van der Waals surface area contributed by atoms with Gasteiger partial charge in [-0.25, -0.2) is 0 Å². The molecule has 0 bridgehead atoms. The van der Waals surface area contributed by atoms with Crippen molar-refractivity contribution in [3.05, 3.63) is 52.2 Å². The van der Waals surface area contributed by atoms with Crippen molar-refractivity contribution in [3.63, 3.8) is 0 Å². The minimum atomic E-state index is -0.320. The molecule has 1 aliphatic rings. The second-order valence-corrected chi connectivity index (χ2v) is 6.69. The fraction of sp³-hybridized carbons (Fsp3) is 0.333. The normalized spacial score (nSPS) is 14.2. The molecule has 25 heavy (non-hydrogen) atoms. The highest BCUT2D eigenvalue weighted by Crippen LogP contribution is 2.34. The number of carbonyl (C=O) groups is 1. The number of hydrogen-bond acceptors (Lipinski definition) is 4. The number of H-pyrrole nitrogens is 1. The summed E-state index contributed by atoms with van der Waals surface area (Å²) in [4.78, 5) is 29.7. The van der Waals surface area contributed by atoms with Gasteiger partial charge in [0.2, 0.25) is 5.95 Å². The number of benzene rings is 1. The van der Waals surface area contributed by atoms with Crippen LogP contribution in [0.1, 0.15) is 54.8 Å². The van der Waals surface area contributed by atoms with Gasteiger partial charge in [-0.05, 0) is 18.9 Å². The molecule has 2 heterocycles. The van der Waals surface area contributed by atoms with E-state index in [9.17, 15) is 9.59 Å². The minimum Gasteiger partial charge on any atom is -0.311 e. The van der Waals surface area contributed by atoms with Gasteiger partial charge in [0.15, 0.2) is 0 Å². The number of amides is 1. The van der Waals surface area contributed by atoms with E-state index in [-0.39, 0.29) is 29.4 Å². The van der Waals surface area contributed by atoms with Crippen LogP contribution in [0.5, 0.6) is 0 Å². The number of pyridine rings is 1. The molecule has 3 aromatic rings. The van der Waals surface area contributed by atoms with E-state index < -0.39 is 0 Å². The van der Waals surface area contributed by atoms with Crippen molar-refractivity contribution in [2.75, 3.05) is 5.32 Å². The van der Waals surface area contributed by atoms with Gasteiger partial charge in [0, 0.05) is 28.9 Å². The molecule has 128 valence electrons. The lowest BCUT2D eigenvalue weighted by Crippen LogP contribution is -2.23. The number of aromatic amines is 1. The molecule has 1 saturated carbocycles. The standard InChI is InChI=1S/C18H19N5O2/c1-10(2)15-19-18(22-21-15)20-16(24)14-9-23(11-7-8-11)17(25)13-6-4-3-5-12(13)14/h3-6,9-11H,7-8H2,1-2H3,(H2,19,20,21,22,24). The molecule has 0 spiro atoms. The van der Waals surface area contributed by atoms with E-state index in [4.69, 9.17) is 0 Å². The van der Waals surface area contributed by atoms with Gasteiger partial charge in [0.05, 0.1) is 5.56 Å². The first-order valence-corrected chi connectivity index (χ1v) is 8.42. The quantitative estimate of drug-likeness (QED) is 0.765. The van der Waals surface area contributed by atoms with Crippen LogP contribution >= 0.6 is 0 Å². The Morgan fingerprint density at radius 3 is 2.64 bits per heavy atom. The molecular formula is C18H19N5O2. The first-order chi connectivity index (χ1) is 12.0. The van der Waals surface area contributed by atoms with Crippen molar-refractivity contribution in [2.24, 2.45) is 0 Å². The topological polar surface area (TPSA) is 92.7 Å². The molecule has 0 unspecified atom stereocenters. The maximum atomic E-state index is 12.8. The van der Waals surface area contributed by atoms with Crippen LogP contribution in [0.3, 0.4) is 0 Å². The largest absolute Gasteiger partial charge is 0.311 e. The van der Waals surface area contributed by atoms with Crippen LogP contribution in [0.15, 0.2) is 35.3 Å². The number of anilines is 1. The number of aromatic nitrogens is 4. The minimum absolute atomic E-state index is 0.0466. The van der Waals surface area contributed by atoms with Gasteiger partial charge in [-0.15, -0.1) is 5.10 Å². The molecule has 0 radical (unpaired) electrons. The van der Waals surface area contributed by atoms with Gasteiger partial charge in [-0.1, -0.05) is 32.0 Å². The first-order valence-electron chi connectivity index (χ1n) is 8.42. The van der Waals surface area contributed by atoms with E-state index in [2.05, 4.69) is 20.5 Å². The summed E-state index contributed by atoms with van der Waals surface area (Å²) in [5.41, 5.74) is 0.410. The molecule has 1 fully saturated rings. The van der Waals surface area contributed by atoms with E-state index in [1.165, 1.54) is 0 Å². The van der Waals surface area contributed by atoms with Gasteiger partial charge in [0.25, 0.3) is 11.5 Å². The maximum absolute atomic E-state index is 12.8. The van der Waals surface area contributed by atoms with E-state index in [1.54, 1.807) is 22.9 Å². The molecule has 0 aliphatic heterocycles. The van der Waals surface area contributed by atoms with Gasteiger partial charge in [0.1, 0.15) is 5.82 Å². The van der Waals surface area contributed by atoms with Gasteiger partial charge < -0.3 is 4.57 Å². The molecule has 0 saturated heterocycles. The highest BCUT2D eigenvalue weighted by atomic mass is 16.2. The molecule has 2 N–H and O–H groups in total. The number of fused-ring (bicyclic) bond motifs is 1. The Balaban J connectivity index is 1.75. The third-order valence-corrected chi connectivity index (χ3v) is 4.41. The van der Waals surface area contributed by atoms with Crippen LogP contribution in [-0.2, 0) is 0 Å². The Morgan fingerprint density at radius 1 is 1.28 bits per heavy atom. The number of nitrogens with one attached hydrogen (secondary N) is 2. The third-order valence-electron chi connectivity index (χ3n) is 4.41. The summed E-state index contributed by atoms with van der Waals surface area (Å²) in [5.74, 6) is 0.820. The van der Waals surface area contributed by atoms with E-state index in [1.807, 2.05) is 26.0 Å². The lowest BCUT2D eigenvalue weighted by molar-refractivity contribution is 0.102. The van der Waals surface area contributed by atoms with Crippen molar-refractivity contribution in [3.8, 4) is 0 Å². The molecule has 1 aliphatic carbocycles. The molecule has 4 rings (SSSR count). The Labute approximate surface area is 144 Å². The smallest absolute Gasteiger partial charge is 0.260 e. The Kier molecular flexibility index (Phi) is 3.63. The fourth-order valence-electron chi connectivity index (χ4n) is 2.87. The highest BCUT2D eigenvalue weighted by Gasteiger charge is 2.27. The molecule has 7 heteroatoms. The lowest BCUT2D eigenvalue weighted by Gasteiger charge is -2.11. The zero-order valence-corrected chi connectivity index (χ0v) is 14.1. The van der Waals surface area contributed by atoms with Crippen molar-refractivity contribution >= 4 is 22.6 Å². The molecule has 0 atom stereocenters. The lowest BCUT2D eigenvalue weighted by atomic mass is 10.1. The Morgan fingerprint density at radius 2 is 2.00 bits per heavy atom. The summed E-state index contributed by atoms with van der Waals surface area (Å²) in [6.45, 7) is 3.98. The van der Waals surface area contributed by atoms with Crippen molar-refractivity contribution in [1.82, 2.24) is 19.7 Å². The molecular weight excluding hydrogens is 318 g/mol. The summed E-state index contributed by atoms with van der Waals surface area (Å²) < 4.78 is 1.68. The van der Waals surface area contributed by atoms with Crippen LogP contribution in [-0.4, -0.2) is 25.7 Å². The van der Waals surface area contributed by atoms with Crippen molar-refractivity contribution < 1.29 is 4.79 Å². The molecule has 1 aromatic carbocycles. The zero-order valence-electron chi connectivity index (χ0n) is 14.1. The van der Waals surface area contributed by atoms with Crippen LogP contribution < -0.4 is 10.9 Å². The Bertz CT molecular complexity index is 1010. The molecule has 1 amide bonds. The number of rotatable bonds is 4. The van der Waals surface area contributed by atoms with Gasteiger partial charge in [-0.3, -0.25) is 20.0 Å². The first kappa shape index (κ1) is 15.6. The molecule has 2 aromatic heterocycles. The van der Waals surface area contributed by atoms with Crippen LogP contribution in [0.4, 0.5) is 5.95 Å². The SMILES string of the molecule is CC(C)c1nc(NC(=O)c2cn(C3CC3)c(=O)c3ccccc23)n[nH]1. The van der Waals surface area contributed by atoms with Crippen molar-refractivity contribution in [2.45, 2.75) is 38.6 Å². The monoisotopic (exact) mass is 337 g/mol. The summed E-state index contributed by atoms with van der Waals surface area (Å²) in [5, 5.41) is 10.8. The summed E-state index contributed by atoms with van der Waals surface area (Å²) in [6, 6.07) is 7.38. The Hall–Kier alpha value is -2.96. The number of nitrogens with zero attached hydrogens (tertiary/aromatic N) is 3. The summed E-state index contributed by atoms with van der Waals surface area (Å²) in [6.07, 6.45) is 3.60. The number of hydrogen-bond donors (Lipinski definition) is 2. The third kappa shape index (κ3) is 2.82. The maximum Gasteiger partial charge on any atom is 0.260 e. The fourth-order valence-corrected chi connectivity index (χ4v) is 2.87. The predicted octanol–water partition coefficient (Wildman–Crippen LogP) is 2.83. The number of carbonyl (C=O) groups excluding carboxylic acids is 1. The van der Waals surface area contributed by atoms with Crippen LogP contribution in [0.25, 0.3) is 10.8 Å².